The number of aliphatic hydroxyl groups is 2. The maximum atomic E-state index is 11.9. The number of benzene rings is 1. The lowest BCUT2D eigenvalue weighted by atomic mass is 10.1. The standard InChI is InChI=1S/C17H19N5O7/c18-14(26)15-20-8-22(21-15)17-13(25)12(24)10(29-17)7-28-11(23)6-19-16(27)9-4-2-1-3-5-9/h1-5,8,10,12-13,17,24-25H,6-7H2,(H2,18,26)(H,19,27)/t10-,12?,13-,17-/m1/s1. The van der Waals surface area contributed by atoms with E-state index in [1.54, 1.807) is 30.3 Å². The van der Waals surface area contributed by atoms with Gasteiger partial charge in [-0.1, -0.05) is 18.2 Å². The summed E-state index contributed by atoms with van der Waals surface area (Å²) in [4.78, 5) is 38.5. The highest BCUT2D eigenvalue weighted by Crippen LogP contribution is 2.28. The topological polar surface area (TPSA) is 179 Å². The lowest BCUT2D eigenvalue weighted by Crippen LogP contribution is -2.36. The molecular weight excluding hydrogens is 386 g/mol. The molecule has 0 spiro atoms. The molecule has 1 aromatic heterocycles. The molecule has 1 aliphatic rings. The van der Waals surface area contributed by atoms with Crippen LogP contribution in [0, 0.1) is 0 Å². The zero-order valence-electron chi connectivity index (χ0n) is 15.0. The van der Waals surface area contributed by atoms with E-state index >= 15 is 0 Å². The van der Waals surface area contributed by atoms with Gasteiger partial charge in [0, 0.05) is 5.56 Å². The van der Waals surface area contributed by atoms with Gasteiger partial charge < -0.3 is 30.7 Å². The number of aliphatic hydroxyl groups excluding tert-OH is 2. The summed E-state index contributed by atoms with van der Waals surface area (Å²) in [5.41, 5.74) is 5.46. The van der Waals surface area contributed by atoms with E-state index in [1.165, 1.54) is 0 Å². The van der Waals surface area contributed by atoms with Gasteiger partial charge >= 0.3 is 5.97 Å². The van der Waals surface area contributed by atoms with Gasteiger partial charge in [0.05, 0.1) is 0 Å². The maximum Gasteiger partial charge on any atom is 0.325 e. The van der Waals surface area contributed by atoms with Crippen LogP contribution in [0.5, 0.6) is 0 Å². The molecule has 4 atom stereocenters. The SMILES string of the molecule is NC(=O)c1ncn([C@@H]2O[C@H](COC(=O)CNC(=O)c3ccccc3)C(O)[C@H]2O)n1. The fourth-order valence-electron chi connectivity index (χ4n) is 2.67. The van der Waals surface area contributed by atoms with Crippen molar-refractivity contribution in [2.75, 3.05) is 13.2 Å². The Morgan fingerprint density at radius 3 is 2.59 bits per heavy atom. The first-order valence-electron chi connectivity index (χ1n) is 8.58. The third-order valence-electron chi connectivity index (χ3n) is 4.16. The van der Waals surface area contributed by atoms with Crippen LogP contribution in [0.4, 0.5) is 0 Å². The second kappa shape index (κ2) is 8.77. The largest absolute Gasteiger partial charge is 0.461 e. The van der Waals surface area contributed by atoms with Crippen molar-refractivity contribution in [3.05, 3.63) is 48.0 Å². The van der Waals surface area contributed by atoms with E-state index < -0.39 is 42.3 Å². The second-order valence-corrected chi connectivity index (χ2v) is 6.19. The van der Waals surface area contributed by atoms with E-state index in [1.807, 2.05) is 0 Å². The number of carbonyl (C=O) groups is 3. The molecule has 3 rings (SSSR count). The summed E-state index contributed by atoms with van der Waals surface area (Å²) in [6.07, 6.45) is -3.86. The quantitative estimate of drug-likeness (QED) is 0.378. The van der Waals surface area contributed by atoms with E-state index in [2.05, 4.69) is 15.4 Å². The van der Waals surface area contributed by atoms with Crippen molar-refractivity contribution in [1.82, 2.24) is 20.1 Å². The van der Waals surface area contributed by atoms with Crippen molar-refractivity contribution in [2.24, 2.45) is 5.73 Å². The fraction of sp³-hybridized carbons (Fsp3) is 0.353. The third-order valence-corrected chi connectivity index (χ3v) is 4.16. The first-order valence-corrected chi connectivity index (χ1v) is 8.58. The smallest absolute Gasteiger partial charge is 0.325 e. The van der Waals surface area contributed by atoms with Gasteiger partial charge in [-0.3, -0.25) is 14.4 Å². The number of esters is 1. The van der Waals surface area contributed by atoms with Gasteiger partial charge in [-0.05, 0) is 12.1 Å². The van der Waals surface area contributed by atoms with E-state index in [9.17, 15) is 24.6 Å². The Kier molecular flexibility index (Phi) is 6.16. The molecule has 12 heteroatoms. The molecule has 0 bridgehead atoms. The molecule has 1 aliphatic heterocycles. The Labute approximate surface area is 164 Å². The summed E-state index contributed by atoms with van der Waals surface area (Å²) in [5, 5.41) is 26.4. The predicted molar refractivity (Wildman–Crippen MR) is 94.2 cm³/mol. The van der Waals surface area contributed by atoms with Crippen LogP contribution in [-0.4, -0.2) is 74.2 Å². The minimum absolute atomic E-state index is 0.278. The summed E-state index contributed by atoms with van der Waals surface area (Å²) in [5.74, 6) is -2.33. The van der Waals surface area contributed by atoms with Crippen molar-refractivity contribution < 1.29 is 34.1 Å². The van der Waals surface area contributed by atoms with Crippen molar-refractivity contribution in [2.45, 2.75) is 24.5 Å². The van der Waals surface area contributed by atoms with Crippen molar-refractivity contribution in [3.8, 4) is 0 Å². The third kappa shape index (κ3) is 4.74. The average molecular weight is 405 g/mol. The van der Waals surface area contributed by atoms with Crippen LogP contribution in [-0.2, 0) is 14.3 Å². The van der Waals surface area contributed by atoms with Crippen LogP contribution in [0.15, 0.2) is 36.7 Å². The highest BCUT2D eigenvalue weighted by molar-refractivity contribution is 5.95. The zero-order valence-corrected chi connectivity index (χ0v) is 15.0. The van der Waals surface area contributed by atoms with Gasteiger partial charge in [0.2, 0.25) is 5.82 Å². The molecule has 5 N–H and O–H groups in total. The molecule has 1 saturated heterocycles. The number of amides is 2. The highest BCUT2D eigenvalue weighted by Gasteiger charge is 2.45. The van der Waals surface area contributed by atoms with E-state index in [4.69, 9.17) is 15.2 Å². The number of aromatic nitrogens is 3. The molecule has 2 heterocycles. The van der Waals surface area contributed by atoms with Gasteiger partial charge in [0.25, 0.3) is 11.8 Å². The van der Waals surface area contributed by atoms with Crippen LogP contribution in [0.2, 0.25) is 0 Å². The average Bonchev–Trinajstić information content (AvgIpc) is 3.31. The van der Waals surface area contributed by atoms with Gasteiger partial charge in [-0.2, -0.15) is 0 Å². The summed E-state index contributed by atoms with van der Waals surface area (Å²) < 4.78 is 11.5. The van der Waals surface area contributed by atoms with Crippen LogP contribution in [0.1, 0.15) is 27.2 Å². The number of hydrogen-bond acceptors (Lipinski definition) is 9. The van der Waals surface area contributed by atoms with E-state index in [0.29, 0.717) is 5.56 Å². The lowest BCUT2D eigenvalue weighted by molar-refractivity contribution is -0.149. The highest BCUT2D eigenvalue weighted by atomic mass is 16.6. The van der Waals surface area contributed by atoms with Gasteiger partial charge in [-0.15, -0.1) is 5.10 Å². The minimum Gasteiger partial charge on any atom is -0.461 e. The van der Waals surface area contributed by atoms with Crippen LogP contribution in [0.3, 0.4) is 0 Å². The van der Waals surface area contributed by atoms with Crippen molar-refractivity contribution in [3.63, 3.8) is 0 Å². The molecule has 0 aliphatic carbocycles. The van der Waals surface area contributed by atoms with Crippen molar-refractivity contribution >= 4 is 17.8 Å². The molecule has 2 aromatic rings. The summed E-state index contributed by atoms with van der Waals surface area (Å²) in [7, 11) is 0. The van der Waals surface area contributed by atoms with Crippen LogP contribution >= 0.6 is 0 Å². The van der Waals surface area contributed by atoms with E-state index in [0.717, 1.165) is 11.0 Å². The molecule has 29 heavy (non-hydrogen) atoms. The maximum absolute atomic E-state index is 11.9. The molecule has 1 unspecified atom stereocenters. The number of primary amides is 1. The number of carbonyl (C=O) groups excluding carboxylic acids is 3. The van der Waals surface area contributed by atoms with E-state index in [-0.39, 0.29) is 19.0 Å². The predicted octanol–water partition coefficient (Wildman–Crippen LogP) is -2.03. The molecule has 12 nitrogen and oxygen atoms in total. The summed E-state index contributed by atoms with van der Waals surface area (Å²) >= 11 is 0. The van der Waals surface area contributed by atoms with Crippen molar-refractivity contribution in [1.29, 1.82) is 0 Å². The number of nitrogens with one attached hydrogen (secondary N) is 1. The Balaban J connectivity index is 1.49. The number of hydrogen-bond donors (Lipinski definition) is 4. The number of nitrogens with zero attached hydrogens (tertiary/aromatic N) is 3. The molecule has 0 saturated carbocycles. The molecule has 154 valence electrons. The Morgan fingerprint density at radius 1 is 1.21 bits per heavy atom. The Bertz CT molecular complexity index is 887. The first kappa shape index (κ1) is 20.4. The minimum atomic E-state index is -1.40. The fourth-order valence-corrected chi connectivity index (χ4v) is 2.67. The lowest BCUT2D eigenvalue weighted by Gasteiger charge is -2.14. The monoisotopic (exact) mass is 405 g/mol. The Hall–Kier alpha value is -3.35. The first-order chi connectivity index (χ1) is 13.9. The molecule has 1 fully saturated rings. The molecule has 1 aromatic carbocycles. The summed E-state index contributed by atoms with van der Waals surface area (Å²) in [6.45, 7) is -0.750. The number of rotatable bonds is 7. The van der Waals surface area contributed by atoms with Gasteiger partial charge in [0.15, 0.2) is 6.23 Å². The molecular formula is C17H19N5O7. The number of ether oxygens (including phenoxy) is 2. The van der Waals surface area contributed by atoms with Gasteiger partial charge in [0.1, 0.15) is 37.8 Å². The van der Waals surface area contributed by atoms with Crippen LogP contribution < -0.4 is 11.1 Å². The molecule has 2 amide bonds. The van der Waals surface area contributed by atoms with Gasteiger partial charge in [-0.25, -0.2) is 9.67 Å². The second-order valence-electron chi connectivity index (χ2n) is 6.19. The zero-order chi connectivity index (χ0) is 21.0. The molecule has 0 radical (unpaired) electrons. The number of nitrogens with two attached hydrogens (primary N) is 1. The Morgan fingerprint density at radius 2 is 1.93 bits per heavy atom. The van der Waals surface area contributed by atoms with Crippen LogP contribution in [0.25, 0.3) is 0 Å². The summed E-state index contributed by atoms with van der Waals surface area (Å²) in [6, 6.07) is 8.33. The normalized spacial score (nSPS) is 23.5.